The average Bonchev–Trinajstić information content (AvgIpc) is 3.20. The molecule has 154 valence electrons. The Bertz CT molecular complexity index is 1580. The molecule has 0 atom stereocenters. The molecule has 32 heavy (non-hydrogen) atoms. The van der Waals surface area contributed by atoms with Gasteiger partial charge in [0.1, 0.15) is 0 Å². The molecule has 0 unspecified atom stereocenters. The van der Waals surface area contributed by atoms with E-state index in [1.807, 2.05) is 0 Å². The fraction of sp³-hybridized carbons (Fsp3) is 0.100. The summed E-state index contributed by atoms with van der Waals surface area (Å²) < 4.78 is 2.43. The number of hydrogen-bond donors (Lipinski definition) is 0. The quantitative estimate of drug-likeness (QED) is 0.287. The van der Waals surface area contributed by atoms with E-state index in [-0.39, 0.29) is 0 Å². The summed E-state index contributed by atoms with van der Waals surface area (Å²) in [6, 6.07) is 36.5. The highest BCUT2D eigenvalue weighted by Gasteiger charge is 2.22. The smallest absolute Gasteiger partial charge is 0.0956 e. The van der Waals surface area contributed by atoms with E-state index in [4.69, 9.17) is 4.98 Å². The topological polar surface area (TPSA) is 17.8 Å². The summed E-state index contributed by atoms with van der Waals surface area (Å²) in [4.78, 5) is 5.21. The Morgan fingerprint density at radius 1 is 0.625 bits per heavy atom. The molecule has 0 bridgehead atoms. The van der Waals surface area contributed by atoms with Crippen molar-refractivity contribution in [2.24, 2.45) is 0 Å². The Morgan fingerprint density at radius 3 is 2.03 bits per heavy atom. The van der Waals surface area contributed by atoms with Gasteiger partial charge in [0.25, 0.3) is 0 Å². The first kappa shape index (κ1) is 18.8. The highest BCUT2D eigenvalue weighted by Crippen LogP contribution is 2.42. The molecule has 0 N–H and O–H groups in total. The highest BCUT2D eigenvalue weighted by molar-refractivity contribution is 6.24. The van der Waals surface area contributed by atoms with E-state index in [1.54, 1.807) is 0 Å². The van der Waals surface area contributed by atoms with Gasteiger partial charge in [0, 0.05) is 27.4 Å². The lowest BCUT2D eigenvalue weighted by atomic mass is 9.98. The molecule has 0 fully saturated rings. The summed E-state index contributed by atoms with van der Waals surface area (Å²) in [7, 11) is 0. The Morgan fingerprint density at radius 2 is 1.28 bits per heavy atom. The normalized spacial score (nSPS) is 11.7. The SMILES string of the molecule is CC(C)c1cccc2c3c4ccccc4nc(-c4ccccc4)c3n(-c3ccccc3)c12. The maximum atomic E-state index is 5.21. The van der Waals surface area contributed by atoms with Gasteiger partial charge in [-0.15, -0.1) is 0 Å². The summed E-state index contributed by atoms with van der Waals surface area (Å²) in [5, 5.41) is 3.75. The van der Waals surface area contributed by atoms with Crippen LogP contribution in [0.25, 0.3) is 49.7 Å². The lowest BCUT2D eigenvalue weighted by molar-refractivity contribution is 0.869. The molecule has 2 heteroatoms. The third-order valence-electron chi connectivity index (χ3n) is 6.33. The van der Waals surface area contributed by atoms with Crippen molar-refractivity contribution in [3.05, 3.63) is 109 Å². The van der Waals surface area contributed by atoms with Crippen molar-refractivity contribution >= 4 is 32.7 Å². The summed E-state index contributed by atoms with van der Waals surface area (Å²) in [6.07, 6.45) is 0. The van der Waals surface area contributed by atoms with Gasteiger partial charge in [-0.1, -0.05) is 98.8 Å². The van der Waals surface area contributed by atoms with Crippen LogP contribution in [-0.2, 0) is 0 Å². The molecule has 6 rings (SSSR count). The molecule has 0 saturated carbocycles. The molecule has 0 radical (unpaired) electrons. The van der Waals surface area contributed by atoms with E-state index < -0.39 is 0 Å². The van der Waals surface area contributed by atoms with Crippen LogP contribution >= 0.6 is 0 Å². The van der Waals surface area contributed by atoms with Crippen LogP contribution in [0.2, 0.25) is 0 Å². The summed E-state index contributed by atoms with van der Waals surface area (Å²) >= 11 is 0. The average molecular weight is 413 g/mol. The van der Waals surface area contributed by atoms with Crippen LogP contribution in [0.15, 0.2) is 103 Å². The number of nitrogens with zero attached hydrogens (tertiary/aromatic N) is 2. The number of aromatic nitrogens is 2. The van der Waals surface area contributed by atoms with Gasteiger partial charge in [-0.05, 0) is 29.7 Å². The Hall–Kier alpha value is -3.91. The van der Waals surface area contributed by atoms with Gasteiger partial charge in [0.05, 0.1) is 22.2 Å². The first-order chi connectivity index (χ1) is 15.7. The molecule has 4 aromatic carbocycles. The van der Waals surface area contributed by atoms with E-state index in [1.165, 1.54) is 32.8 Å². The second-order valence-electron chi connectivity index (χ2n) is 8.64. The van der Waals surface area contributed by atoms with E-state index in [9.17, 15) is 0 Å². The largest absolute Gasteiger partial charge is 0.307 e. The third kappa shape index (κ3) is 2.76. The predicted molar refractivity (Wildman–Crippen MR) is 136 cm³/mol. The Labute approximate surface area is 187 Å². The van der Waals surface area contributed by atoms with Gasteiger partial charge in [0.2, 0.25) is 0 Å². The van der Waals surface area contributed by atoms with Crippen LogP contribution in [0.1, 0.15) is 25.3 Å². The lowest BCUT2D eigenvalue weighted by Crippen LogP contribution is -2.00. The summed E-state index contributed by atoms with van der Waals surface area (Å²) in [5.74, 6) is 0.407. The van der Waals surface area contributed by atoms with Gasteiger partial charge in [0.15, 0.2) is 0 Å². The van der Waals surface area contributed by atoms with Crippen molar-refractivity contribution in [3.8, 4) is 16.9 Å². The summed E-state index contributed by atoms with van der Waals surface area (Å²) in [5.41, 5.74) is 8.15. The monoisotopic (exact) mass is 412 g/mol. The maximum absolute atomic E-state index is 5.21. The zero-order chi connectivity index (χ0) is 21.7. The van der Waals surface area contributed by atoms with Crippen LogP contribution in [0.4, 0.5) is 0 Å². The molecule has 6 aromatic rings. The standard InChI is InChI=1S/C30H24N2/c1-20(2)23-17-11-18-25-27-24-16-9-10-19-26(24)31-28(21-12-5-3-6-13-21)30(27)32(29(23)25)22-14-7-4-8-15-22/h3-20H,1-2H3. The molecule has 0 aliphatic rings. The van der Waals surface area contributed by atoms with Gasteiger partial charge < -0.3 is 4.57 Å². The zero-order valence-corrected chi connectivity index (χ0v) is 18.3. The van der Waals surface area contributed by atoms with Crippen LogP contribution in [0.5, 0.6) is 0 Å². The number of pyridine rings is 1. The maximum Gasteiger partial charge on any atom is 0.0956 e. The van der Waals surface area contributed by atoms with Crippen LogP contribution < -0.4 is 0 Å². The molecule has 2 nitrogen and oxygen atoms in total. The molecular weight excluding hydrogens is 388 g/mol. The van der Waals surface area contributed by atoms with Crippen molar-refractivity contribution in [3.63, 3.8) is 0 Å². The van der Waals surface area contributed by atoms with E-state index >= 15 is 0 Å². The second-order valence-corrected chi connectivity index (χ2v) is 8.64. The molecule has 0 aliphatic carbocycles. The second kappa shape index (κ2) is 7.35. The minimum absolute atomic E-state index is 0.407. The fourth-order valence-electron chi connectivity index (χ4n) is 4.92. The first-order valence-corrected chi connectivity index (χ1v) is 11.2. The molecular formula is C30H24N2. The molecule has 0 saturated heterocycles. The molecule has 2 aromatic heterocycles. The van der Waals surface area contributed by atoms with Gasteiger partial charge in [-0.3, -0.25) is 0 Å². The minimum atomic E-state index is 0.407. The highest BCUT2D eigenvalue weighted by atomic mass is 15.0. The summed E-state index contributed by atoms with van der Waals surface area (Å²) in [6.45, 7) is 4.55. The predicted octanol–water partition coefficient (Wildman–Crippen LogP) is 8.12. The van der Waals surface area contributed by atoms with Crippen LogP contribution in [-0.4, -0.2) is 9.55 Å². The van der Waals surface area contributed by atoms with Crippen LogP contribution in [0.3, 0.4) is 0 Å². The van der Waals surface area contributed by atoms with E-state index in [0.29, 0.717) is 5.92 Å². The van der Waals surface area contributed by atoms with Gasteiger partial charge in [-0.2, -0.15) is 0 Å². The molecule has 2 heterocycles. The van der Waals surface area contributed by atoms with E-state index in [0.717, 1.165) is 22.5 Å². The fourth-order valence-corrected chi connectivity index (χ4v) is 4.92. The van der Waals surface area contributed by atoms with Gasteiger partial charge in [-0.25, -0.2) is 4.98 Å². The van der Waals surface area contributed by atoms with Crippen molar-refractivity contribution in [1.29, 1.82) is 0 Å². The first-order valence-electron chi connectivity index (χ1n) is 11.2. The molecule has 0 spiro atoms. The van der Waals surface area contributed by atoms with Crippen molar-refractivity contribution in [1.82, 2.24) is 9.55 Å². The number of hydrogen-bond acceptors (Lipinski definition) is 1. The number of fused-ring (bicyclic) bond motifs is 5. The lowest BCUT2D eigenvalue weighted by Gasteiger charge is -2.15. The number of para-hydroxylation sites is 3. The van der Waals surface area contributed by atoms with Crippen molar-refractivity contribution < 1.29 is 0 Å². The van der Waals surface area contributed by atoms with E-state index in [2.05, 4.69) is 122 Å². The number of rotatable bonds is 3. The minimum Gasteiger partial charge on any atom is -0.307 e. The van der Waals surface area contributed by atoms with Gasteiger partial charge >= 0.3 is 0 Å². The third-order valence-corrected chi connectivity index (χ3v) is 6.33. The van der Waals surface area contributed by atoms with Crippen LogP contribution in [0, 0.1) is 0 Å². The number of benzene rings is 4. The zero-order valence-electron chi connectivity index (χ0n) is 18.3. The molecule has 0 amide bonds. The van der Waals surface area contributed by atoms with Crippen molar-refractivity contribution in [2.75, 3.05) is 0 Å². The van der Waals surface area contributed by atoms with Crippen molar-refractivity contribution in [2.45, 2.75) is 19.8 Å². The Kier molecular flexibility index (Phi) is 4.32. The molecule has 0 aliphatic heterocycles. The Balaban J connectivity index is 1.95.